The second-order valence-electron chi connectivity index (χ2n) is 5.72. The zero-order chi connectivity index (χ0) is 17.8. The maximum absolute atomic E-state index is 12.1. The lowest BCUT2D eigenvalue weighted by molar-refractivity contribution is -0.118. The van der Waals surface area contributed by atoms with Crippen LogP contribution in [0.2, 0.25) is 10.0 Å². The van der Waals surface area contributed by atoms with Gasteiger partial charge in [-0.05, 0) is 43.2 Å². The van der Waals surface area contributed by atoms with Crippen LogP contribution in [0.5, 0.6) is 5.75 Å². The average Bonchev–Trinajstić information content (AvgIpc) is 3.38. The van der Waals surface area contributed by atoms with Crippen molar-refractivity contribution in [3.8, 4) is 5.75 Å². The second kappa shape index (κ2) is 7.76. The summed E-state index contributed by atoms with van der Waals surface area (Å²) in [7, 11) is 0. The average molecular weight is 379 g/mol. The van der Waals surface area contributed by atoms with E-state index in [1.165, 1.54) is 0 Å². The molecule has 1 saturated carbocycles. The van der Waals surface area contributed by atoms with E-state index in [-0.39, 0.29) is 30.2 Å². The van der Waals surface area contributed by atoms with Crippen molar-refractivity contribution in [2.75, 3.05) is 11.9 Å². The maximum Gasteiger partial charge on any atom is 0.262 e. The molecule has 1 aliphatic rings. The van der Waals surface area contributed by atoms with Crippen LogP contribution in [0.1, 0.15) is 23.2 Å². The van der Waals surface area contributed by atoms with E-state index in [4.69, 9.17) is 27.9 Å². The SMILES string of the molecule is O=C(COc1c(Cl)cccc1Cl)Nc1cccc(C(=O)NC2CC2)c1. The Kier molecular flexibility index (Phi) is 5.46. The van der Waals surface area contributed by atoms with Gasteiger partial charge in [-0.15, -0.1) is 0 Å². The Morgan fingerprint density at radius 2 is 1.76 bits per heavy atom. The zero-order valence-electron chi connectivity index (χ0n) is 13.2. The Balaban J connectivity index is 1.58. The van der Waals surface area contributed by atoms with Crippen molar-refractivity contribution in [2.24, 2.45) is 0 Å². The first kappa shape index (κ1) is 17.6. The highest BCUT2D eigenvalue weighted by Crippen LogP contribution is 2.32. The van der Waals surface area contributed by atoms with Crippen LogP contribution in [-0.4, -0.2) is 24.5 Å². The number of hydrogen-bond donors (Lipinski definition) is 2. The van der Waals surface area contributed by atoms with Crippen LogP contribution in [-0.2, 0) is 4.79 Å². The molecule has 1 fully saturated rings. The third kappa shape index (κ3) is 4.87. The van der Waals surface area contributed by atoms with E-state index in [2.05, 4.69) is 10.6 Å². The number of hydrogen-bond acceptors (Lipinski definition) is 3. The molecular weight excluding hydrogens is 363 g/mol. The number of carbonyl (C=O) groups excluding carboxylic acids is 2. The van der Waals surface area contributed by atoms with Crippen molar-refractivity contribution in [3.63, 3.8) is 0 Å². The molecule has 0 saturated heterocycles. The van der Waals surface area contributed by atoms with Crippen LogP contribution in [0.15, 0.2) is 42.5 Å². The predicted molar refractivity (Wildman–Crippen MR) is 97.5 cm³/mol. The van der Waals surface area contributed by atoms with Gasteiger partial charge in [0.15, 0.2) is 12.4 Å². The lowest BCUT2D eigenvalue weighted by Crippen LogP contribution is -2.25. The second-order valence-corrected chi connectivity index (χ2v) is 6.53. The molecule has 2 N–H and O–H groups in total. The third-order valence-electron chi connectivity index (χ3n) is 3.59. The van der Waals surface area contributed by atoms with E-state index >= 15 is 0 Å². The number of benzene rings is 2. The Bertz CT molecular complexity index is 786. The molecule has 2 aromatic rings. The summed E-state index contributed by atoms with van der Waals surface area (Å²) in [5, 5.41) is 6.25. The summed E-state index contributed by atoms with van der Waals surface area (Å²) in [5.41, 5.74) is 1.02. The summed E-state index contributed by atoms with van der Waals surface area (Å²) < 4.78 is 5.38. The molecule has 0 unspecified atom stereocenters. The highest BCUT2D eigenvalue weighted by Gasteiger charge is 2.23. The van der Waals surface area contributed by atoms with E-state index in [1.807, 2.05) is 0 Å². The predicted octanol–water partition coefficient (Wildman–Crippen LogP) is 3.90. The number of halogens is 2. The molecule has 0 aromatic heterocycles. The van der Waals surface area contributed by atoms with Crippen molar-refractivity contribution in [3.05, 3.63) is 58.1 Å². The fourth-order valence-electron chi connectivity index (χ4n) is 2.19. The molecular formula is C18H16Cl2N2O3. The minimum atomic E-state index is -0.379. The number of nitrogens with one attached hydrogen (secondary N) is 2. The highest BCUT2D eigenvalue weighted by molar-refractivity contribution is 6.37. The molecule has 5 nitrogen and oxygen atoms in total. The van der Waals surface area contributed by atoms with Crippen molar-refractivity contribution >= 4 is 40.7 Å². The van der Waals surface area contributed by atoms with Gasteiger partial charge in [0, 0.05) is 17.3 Å². The van der Waals surface area contributed by atoms with E-state index in [9.17, 15) is 9.59 Å². The van der Waals surface area contributed by atoms with Crippen LogP contribution in [0.3, 0.4) is 0 Å². The fourth-order valence-corrected chi connectivity index (χ4v) is 2.70. The topological polar surface area (TPSA) is 67.4 Å². The minimum Gasteiger partial charge on any atom is -0.481 e. The molecule has 7 heteroatoms. The van der Waals surface area contributed by atoms with Crippen LogP contribution in [0.25, 0.3) is 0 Å². The largest absolute Gasteiger partial charge is 0.481 e. The number of ether oxygens (including phenoxy) is 1. The minimum absolute atomic E-state index is 0.141. The van der Waals surface area contributed by atoms with Crippen molar-refractivity contribution in [2.45, 2.75) is 18.9 Å². The molecule has 0 heterocycles. The first-order valence-corrected chi connectivity index (χ1v) is 8.56. The van der Waals surface area contributed by atoms with Gasteiger partial charge in [-0.3, -0.25) is 9.59 Å². The smallest absolute Gasteiger partial charge is 0.262 e. The number of carbonyl (C=O) groups is 2. The molecule has 1 aliphatic carbocycles. The number of amides is 2. The number of anilines is 1. The van der Waals surface area contributed by atoms with E-state index in [1.54, 1.807) is 42.5 Å². The zero-order valence-corrected chi connectivity index (χ0v) is 14.7. The van der Waals surface area contributed by atoms with Crippen molar-refractivity contribution in [1.82, 2.24) is 5.32 Å². The number of para-hydroxylation sites is 1. The van der Waals surface area contributed by atoms with Gasteiger partial charge in [-0.2, -0.15) is 0 Å². The van der Waals surface area contributed by atoms with Gasteiger partial charge >= 0.3 is 0 Å². The van der Waals surface area contributed by atoms with Gasteiger partial charge < -0.3 is 15.4 Å². The molecule has 0 radical (unpaired) electrons. The first-order chi connectivity index (χ1) is 12.0. The van der Waals surface area contributed by atoms with Gasteiger partial charge in [0.1, 0.15) is 0 Å². The summed E-state index contributed by atoms with van der Waals surface area (Å²) in [6.07, 6.45) is 2.04. The molecule has 130 valence electrons. The van der Waals surface area contributed by atoms with Crippen LogP contribution >= 0.6 is 23.2 Å². The summed E-state index contributed by atoms with van der Waals surface area (Å²) >= 11 is 12.0. The molecule has 3 rings (SSSR count). The molecule has 0 bridgehead atoms. The quantitative estimate of drug-likeness (QED) is 0.800. The summed E-state index contributed by atoms with van der Waals surface area (Å²) in [4.78, 5) is 24.1. The Hall–Kier alpha value is -2.24. The van der Waals surface area contributed by atoms with Crippen molar-refractivity contribution in [1.29, 1.82) is 0 Å². The molecule has 2 amide bonds. The van der Waals surface area contributed by atoms with E-state index < -0.39 is 0 Å². The lowest BCUT2D eigenvalue weighted by Gasteiger charge is -2.11. The summed E-state index contributed by atoms with van der Waals surface area (Å²) in [6.45, 7) is -0.248. The van der Waals surface area contributed by atoms with Crippen molar-refractivity contribution < 1.29 is 14.3 Å². The normalized spacial score (nSPS) is 13.2. The summed E-state index contributed by atoms with van der Waals surface area (Å²) in [5.74, 6) is -0.257. The van der Waals surface area contributed by atoms with Crippen LogP contribution < -0.4 is 15.4 Å². The Labute approximate surface area is 155 Å². The highest BCUT2D eigenvalue weighted by atomic mass is 35.5. The Morgan fingerprint density at radius 1 is 1.08 bits per heavy atom. The molecule has 0 spiro atoms. The van der Waals surface area contributed by atoms with Gasteiger partial charge in [0.25, 0.3) is 11.8 Å². The van der Waals surface area contributed by atoms with Crippen LogP contribution in [0.4, 0.5) is 5.69 Å². The van der Waals surface area contributed by atoms with Gasteiger partial charge in [-0.25, -0.2) is 0 Å². The molecule has 2 aromatic carbocycles. The van der Waals surface area contributed by atoms with Gasteiger partial charge in [0.05, 0.1) is 10.0 Å². The first-order valence-electron chi connectivity index (χ1n) is 7.80. The van der Waals surface area contributed by atoms with E-state index in [0.717, 1.165) is 12.8 Å². The molecule has 0 aliphatic heterocycles. The van der Waals surface area contributed by atoms with Gasteiger partial charge in [-0.1, -0.05) is 35.3 Å². The van der Waals surface area contributed by atoms with Gasteiger partial charge in [0.2, 0.25) is 0 Å². The fraction of sp³-hybridized carbons (Fsp3) is 0.222. The maximum atomic E-state index is 12.1. The molecule has 25 heavy (non-hydrogen) atoms. The summed E-state index contributed by atoms with van der Waals surface area (Å²) in [6, 6.07) is 12.0. The lowest BCUT2D eigenvalue weighted by atomic mass is 10.2. The van der Waals surface area contributed by atoms with Crippen LogP contribution in [0, 0.1) is 0 Å². The monoisotopic (exact) mass is 378 g/mol. The standard InChI is InChI=1S/C18H16Cl2N2O3/c19-14-5-2-6-15(20)17(14)25-10-16(23)21-13-4-1-3-11(9-13)18(24)22-12-7-8-12/h1-6,9,12H,7-8,10H2,(H,21,23)(H,22,24). The Morgan fingerprint density at radius 3 is 2.44 bits per heavy atom. The number of rotatable bonds is 6. The molecule has 0 atom stereocenters. The third-order valence-corrected chi connectivity index (χ3v) is 4.18. The van der Waals surface area contributed by atoms with E-state index in [0.29, 0.717) is 21.3 Å².